The van der Waals surface area contributed by atoms with Crippen LogP contribution in [0.3, 0.4) is 0 Å². The number of methoxy groups -OCH3 is 1. The molecule has 5 nitrogen and oxygen atoms in total. The summed E-state index contributed by atoms with van der Waals surface area (Å²) in [5, 5.41) is 0. The standard InChI is InChI=1S/C23H27BF2N2O3/c1-22(2)23(3,4)31-24(30-22)16-14-17(25)15(12-18(16)26)13-21-27-19-8-6-7-9-20(19)28(21)10-11-29-5/h6-9,12,14H,10-11,13H2,1-5H3. The maximum atomic E-state index is 15.1. The zero-order valence-electron chi connectivity index (χ0n) is 18.5. The Morgan fingerprint density at radius 1 is 1.03 bits per heavy atom. The number of benzene rings is 2. The van der Waals surface area contributed by atoms with E-state index < -0.39 is 30.0 Å². The van der Waals surface area contributed by atoms with Gasteiger partial charge in [-0.05, 0) is 57.5 Å². The fraction of sp³-hybridized carbons (Fsp3) is 0.435. The summed E-state index contributed by atoms with van der Waals surface area (Å²) < 4.78 is 49.0. The molecule has 0 saturated carbocycles. The Labute approximate surface area is 181 Å². The minimum atomic E-state index is -0.958. The van der Waals surface area contributed by atoms with E-state index >= 15 is 8.78 Å². The van der Waals surface area contributed by atoms with Crippen molar-refractivity contribution in [3.63, 3.8) is 0 Å². The summed E-state index contributed by atoms with van der Waals surface area (Å²) in [6.45, 7) is 8.56. The highest BCUT2D eigenvalue weighted by Crippen LogP contribution is 2.36. The maximum absolute atomic E-state index is 15.1. The van der Waals surface area contributed by atoms with Gasteiger partial charge in [0.15, 0.2) is 0 Å². The third-order valence-electron chi connectivity index (χ3n) is 6.27. The van der Waals surface area contributed by atoms with E-state index in [1.807, 2.05) is 56.5 Å². The Morgan fingerprint density at radius 3 is 2.39 bits per heavy atom. The first kappa shape index (κ1) is 21.9. The molecule has 0 unspecified atom stereocenters. The van der Waals surface area contributed by atoms with Crippen molar-refractivity contribution in [1.82, 2.24) is 9.55 Å². The fourth-order valence-electron chi connectivity index (χ4n) is 3.75. The lowest BCUT2D eigenvalue weighted by Gasteiger charge is -2.32. The molecule has 164 valence electrons. The second-order valence-electron chi connectivity index (χ2n) is 8.89. The predicted octanol–water partition coefficient (Wildman–Crippen LogP) is 3.85. The molecule has 8 heteroatoms. The molecule has 4 rings (SSSR count). The molecule has 0 bridgehead atoms. The average Bonchev–Trinajstić information content (AvgIpc) is 3.15. The van der Waals surface area contributed by atoms with E-state index in [0.717, 1.165) is 11.0 Å². The van der Waals surface area contributed by atoms with Gasteiger partial charge in [0, 0.05) is 25.5 Å². The number of nitrogens with zero attached hydrogens (tertiary/aromatic N) is 2. The van der Waals surface area contributed by atoms with Gasteiger partial charge in [-0.1, -0.05) is 12.1 Å². The molecule has 1 aliphatic heterocycles. The predicted molar refractivity (Wildman–Crippen MR) is 116 cm³/mol. The van der Waals surface area contributed by atoms with Gasteiger partial charge in [0.1, 0.15) is 17.5 Å². The van der Waals surface area contributed by atoms with E-state index in [1.165, 1.54) is 12.1 Å². The first-order valence-corrected chi connectivity index (χ1v) is 10.4. The van der Waals surface area contributed by atoms with Crippen LogP contribution in [-0.2, 0) is 27.0 Å². The molecule has 2 heterocycles. The van der Waals surface area contributed by atoms with Crippen molar-refractivity contribution < 1.29 is 22.8 Å². The van der Waals surface area contributed by atoms with Crippen molar-refractivity contribution in [2.75, 3.05) is 13.7 Å². The molecule has 0 amide bonds. The number of ether oxygens (including phenoxy) is 1. The lowest BCUT2D eigenvalue weighted by atomic mass is 9.78. The Morgan fingerprint density at radius 2 is 1.71 bits per heavy atom. The highest BCUT2D eigenvalue weighted by Gasteiger charge is 2.52. The van der Waals surface area contributed by atoms with Crippen LogP contribution >= 0.6 is 0 Å². The number of halogens is 2. The van der Waals surface area contributed by atoms with E-state index in [1.54, 1.807) is 7.11 Å². The summed E-state index contributed by atoms with van der Waals surface area (Å²) in [4.78, 5) is 4.64. The Balaban J connectivity index is 1.66. The fourth-order valence-corrected chi connectivity index (χ4v) is 3.75. The number of fused-ring (bicyclic) bond motifs is 1. The second kappa shape index (κ2) is 8.00. The van der Waals surface area contributed by atoms with Crippen molar-refractivity contribution >= 4 is 23.6 Å². The van der Waals surface area contributed by atoms with Crippen LogP contribution in [0.15, 0.2) is 36.4 Å². The number of hydrogen-bond acceptors (Lipinski definition) is 4. The molecule has 1 saturated heterocycles. The van der Waals surface area contributed by atoms with Gasteiger partial charge in [-0.2, -0.15) is 0 Å². The highest BCUT2D eigenvalue weighted by molar-refractivity contribution is 6.62. The van der Waals surface area contributed by atoms with Gasteiger partial charge in [0.05, 0.1) is 28.8 Å². The van der Waals surface area contributed by atoms with Gasteiger partial charge in [-0.15, -0.1) is 0 Å². The number of rotatable bonds is 6. The molecule has 1 aliphatic rings. The van der Waals surface area contributed by atoms with E-state index in [2.05, 4.69) is 4.98 Å². The summed E-state index contributed by atoms with van der Waals surface area (Å²) in [5.41, 5.74) is 0.767. The highest BCUT2D eigenvalue weighted by atomic mass is 19.1. The van der Waals surface area contributed by atoms with Gasteiger partial charge >= 0.3 is 7.12 Å². The van der Waals surface area contributed by atoms with Crippen LogP contribution in [-0.4, -0.2) is 41.6 Å². The smallest absolute Gasteiger partial charge is 0.399 e. The molecule has 0 atom stereocenters. The Kier molecular flexibility index (Phi) is 5.66. The number of hydrogen-bond donors (Lipinski definition) is 0. The first-order chi connectivity index (χ1) is 14.6. The normalized spacial score (nSPS) is 17.6. The number of imidazole rings is 1. The zero-order chi connectivity index (χ0) is 22.4. The second-order valence-corrected chi connectivity index (χ2v) is 8.89. The average molecular weight is 428 g/mol. The summed E-state index contributed by atoms with van der Waals surface area (Å²) >= 11 is 0. The van der Waals surface area contributed by atoms with Gasteiger partial charge in [0.25, 0.3) is 0 Å². The van der Waals surface area contributed by atoms with E-state index in [0.29, 0.717) is 19.0 Å². The molecule has 0 N–H and O–H groups in total. The molecule has 0 spiro atoms. The third kappa shape index (κ3) is 4.00. The van der Waals surface area contributed by atoms with Crippen molar-refractivity contribution in [2.24, 2.45) is 0 Å². The minimum Gasteiger partial charge on any atom is -0.399 e. The first-order valence-electron chi connectivity index (χ1n) is 10.4. The summed E-state index contributed by atoms with van der Waals surface area (Å²) in [5.74, 6) is -0.425. The van der Waals surface area contributed by atoms with Gasteiger partial charge in [-0.3, -0.25) is 0 Å². The molecular formula is C23H27BF2N2O3. The maximum Gasteiger partial charge on any atom is 0.497 e. The molecule has 2 aromatic carbocycles. The van der Waals surface area contributed by atoms with Crippen LogP contribution in [0.4, 0.5) is 8.78 Å². The number of aromatic nitrogens is 2. The van der Waals surface area contributed by atoms with Crippen LogP contribution in [0.2, 0.25) is 0 Å². The SMILES string of the molecule is COCCn1c(Cc2cc(F)c(B3OC(C)(C)C(C)(C)O3)cc2F)nc2ccccc21. The Bertz CT molecular complexity index is 1100. The van der Waals surface area contributed by atoms with E-state index in [4.69, 9.17) is 14.0 Å². The largest absolute Gasteiger partial charge is 0.497 e. The number of para-hydroxylation sites is 2. The van der Waals surface area contributed by atoms with Crippen molar-refractivity contribution in [3.05, 3.63) is 59.4 Å². The molecular weight excluding hydrogens is 401 g/mol. The molecule has 1 aromatic heterocycles. The topological polar surface area (TPSA) is 45.5 Å². The summed E-state index contributed by atoms with van der Waals surface area (Å²) in [6, 6.07) is 10.1. The lowest BCUT2D eigenvalue weighted by molar-refractivity contribution is 0.00578. The third-order valence-corrected chi connectivity index (χ3v) is 6.27. The summed E-state index contributed by atoms with van der Waals surface area (Å²) in [6.07, 6.45) is 0.158. The van der Waals surface area contributed by atoms with Gasteiger partial charge < -0.3 is 18.6 Å². The van der Waals surface area contributed by atoms with Crippen LogP contribution in [0.25, 0.3) is 11.0 Å². The molecule has 3 aromatic rings. The van der Waals surface area contributed by atoms with Crippen molar-refractivity contribution in [3.8, 4) is 0 Å². The molecule has 0 radical (unpaired) electrons. The monoisotopic (exact) mass is 428 g/mol. The minimum absolute atomic E-state index is 0.0628. The van der Waals surface area contributed by atoms with E-state index in [9.17, 15) is 0 Å². The Hall–Kier alpha value is -2.29. The summed E-state index contributed by atoms with van der Waals surface area (Å²) in [7, 11) is 0.669. The van der Waals surface area contributed by atoms with Gasteiger partial charge in [-0.25, -0.2) is 13.8 Å². The zero-order valence-corrected chi connectivity index (χ0v) is 18.5. The molecule has 0 aliphatic carbocycles. The van der Waals surface area contributed by atoms with Crippen molar-refractivity contribution in [2.45, 2.75) is 51.9 Å². The van der Waals surface area contributed by atoms with E-state index in [-0.39, 0.29) is 17.4 Å². The molecule has 31 heavy (non-hydrogen) atoms. The van der Waals surface area contributed by atoms with Crippen LogP contribution < -0.4 is 5.46 Å². The quantitative estimate of drug-likeness (QED) is 0.560. The molecule has 1 fully saturated rings. The van der Waals surface area contributed by atoms with Gasteiger partial charge in [0.2, 0.25) is 0 Å². The lowest BCUT2D eigenvalue weighted by Crippen LogP contribution is -2.41. The van der Waals surface area contributed by atoms with Crippen molar-refractivity contribution in [1.29, 1.82) is 0 Å². The van der Waals surface area contributed by atoms with Crippen LogP contribution in [0, 0.1) is 11.6 Å². The van der Waals surface area contributed by atoms with Crippen LogP contribution in [0.1, 0.15) is 39.1 Å². The van der Waals surface area contributed by atoms with Crippen LogP contribution in [0.5, 0.6) is 0 Å².